The van der Waals surface area contributed by atoms with Crippen molar-refractivity contribution in [1.29, 1.82) is 0 Å². The minimum atomic E-state index is -0.793. The first kappa shape index (κ1) is 28.2. The number of hydrogen-bond donors (Lipinski definition) is 1. The zero-order valence-corrected chi connectivity index (χ0v) is 24.4. The number of aromatic nitrogens is 1. The molecule has 1 amide bonds. The summed E-state index contributed by atoms with van der Waals surface area (Å²) in [7, 11) is 1.67. The first-order chi connectivity index (χ1) is 20.7. The van der Waals surface area contributed by atoms with Crippen LogP contribution in [-0.2, 0) is 15.1 Å². The number of pyridine rings is 1. The SMILES string of the molecule is COCCCNC(=O)OC1(CCCCN2CCN(c3ccc4ccccc4n3)CC2)c2ccccc2-c2ccccc21. The number of benzene rings is 3. The van der Waals surface area contributed by atoms with E-state index in [2.05, 4.69) is 81.8 Å². The Morgan fingerprint density at radius 2 is 1.52 bits per heavy atom. The Bertz CT molecular complexity index is 1470. The Morgan fingerprint density at radius 1 is 0.833 bits per heavy atom. The Labute approximate surface area is 248 Å². The van der Waals surface area contributed by atoms with Gasteiger partial charge in [-0.1, -0.05) is 66.7 Å². The van der Waals surface area contributed by atoms with Crippen molar-refractivity contribution in [2.45, 2.75) is 31.3 Å². The van der Waals surface area contributed by atoms with Crippen molar-refractivity contribution in [2.24, 2.45) is 0 Å². The molecule has 4 aromatic rings. The molecule has 6 rings (SSSR count). The standard InChI is InChI=1S/C35H40N4O3/c1-41-26-10-20-36-34(40)42-35(30-14-5-3-12-28(30)29-13-4-6-15-31(29)35)19-8-9-21-38-22-24-39(25-23-38)33-18-17-27-11-2-7-16-32(27)37-33/h2-7,11-18H,8-10,19-26H2,1H3,(H,36,40). The largest absolute Gasteiger partial charge is 0.433 e. The van der Waals surface area contributed by atoms with E-state index in [-0.39, 0.29) is 6.09 Å². The normalized spacial score (nSPS) is 15.8. The van der Waals surface area contributed by atoms with E-state index >= 15 is 0 Å². The highest BCUT2D eigenvalue weighted by Crippen LogP contribution is 2.52. The van der Waals surface area contributed by atoms with Gasteiger partial charge in [0.15, 0.2) is 5.60 Å². The molecule has 0 radical (unpaired) electrons. The average molecular weight is 565 g/mol. The first-order valence-corrected chi connectivity index (χ1v) is 15.2. The van der Waals surface area contributed by atoms with Crippen LogP contribution < -0.4 is 10.2 Å². The van der Waals surface area contributed by atoms with Gasteiger partial charge in [0.05, 0.1) is 5.52 Å². The Hall–Kier alpha value is -3.94. The third-order valence-electron chi connectivity index (χ3n) is 8.61. The summed E-state index contributed by atoms with van der Waals surface area (Å²) in [5.74, 6) is 1.06. The number of amides is 1. The number of hydrogen-bond acceptors (Lipinski definition) is 6. The zero-order chi connectivity index (χ0) is 28.8. The molecule has 7 nitrogen and oxygen atoms in total. The fourth-order valence-corrected chi connectivity index (χ4v) is 6.46. The second kappa shape index (κ2) is 12.9. The van der Waals surface area contributed by atoms with Crippen LogP contribution in [0.5, 0.6) is 0 Å². The molecule has 0 bridgehead atoms. The molecule has 1 aromatic heterocycles. The molecule has 42 heavy (non-hydrogen) atoms. The van der Waals surface area contributed by atoms with Crippen molar-refractivity contribution in [3.8, 4) is 11.1 Å². The van der Waals surface area contributed by atoms with Crippen molar-refractivity contribution in [1.82, 2.24) is 15.2 Å². The van der Waals surface area contributed by atoms with E-state index in [0.29, 0.717) is 13.2 Å². The van der Waals surface area contributed by atoms with E-state index < -0.39 is 5.60 Å². The maximum Gasteiger partial charge on any atom is 0.408 e. The minimum absolute atomic E-state index is 0.379. The molecule has 7 heteroatoms. The van der Waals surface area contributed by atoms with E-state index in [9.17, 15) is 4.79 Å². The Balaban J connectivity index is 1.09. The fraction of sp³-hybridized carbons (Fsp3) is 0.371. The number of unbranched alkanes of at least 4 members (excludes halogenated alkanes) is 1. The average Bonchev–Trinajstić information content (AvgIpc) is 3.31. The van der Waals surface area contributed by atoms with Crippen molar-refractivity contribution in [3.05, 3.63) is 96.1 Å². The molecule has 1 aliphatic heterocycles. The van der Waals surface area contributed by atoms with E-state index in [4.69, 9.17) is 14.5 Å². The summed E-state index contributed by atoms with van der Waals surface area (Å²) in [6, 6.07) is 29.3. The van der Waals surface area contributed by atoms with E-state index in [1.54, 1.807) is 7.11 Å². The lowest BCUT2D eigenvalue weighted by molar-refractivity contribution is 0.0325. The fourth-order valence-electron chi connectivity index (χ4n) is 6.46. The lowest BCUT2D eigenvalue weighted by Gasteiger charge is -2.36. The van der Waals surface area contributed by atoms with Crippen LogP contribution in [0.3, 0.4) is 0 Å². The first-order valence-electron chi connectivity index (χ1n) is 15.2. The molecule has 0 saturated carbocycles. The predicted molar refractivity (Wildman–Crippen MR) is 168 cm³/mol. The molecule has 2 heterocycles. The van der Waals surface area contributed by atoms with Gasteiger partial charge in [-0.15, -0.1) is 0 Å². The quantitative estimate of drug-likeness (QED) is 0.218. The maximum atomic E-state index is 13.1. The number of nitrogens with zero attached hydrogens (tertiary/aromatic N) is 3. The summed E-state index contributed by atoms with van der Waals surface area (Å²) in [4.78, 5) is 22.9. The van der Waals surface area contributed by atoms with E-state index in [0.717, 1.165) is 92.0 Å². The van der Waals surface area contributed by atoms with Crippen LogP contribution in [0.25, 0.3) is 22.0 Å². The number of methoxy groups -OCH3 is 1. The van der Waals surface area contributed by atoms with Crippen molar-refractivity contribution < 1.29 is 14.3 Å². The molecule has 0 atom stereocenters. The van der Waals surface area contributed by atoms with Gasteiger partial charge in [0.25, 0.3) is 0 Å². The molecule has 1 fully saturated rings. The highest BCUT2D eigenvalue weighted by molar-refractivity contribution is 5.82. The molecule has 3 aromatic carbocycles. The van der Waals surface area contributed by atoms with Crippen molar-refractivity contribution >= 4 is 22.8 Å². The molecule has 0 unspecified atom stereocenters. The van der Waals surface area contributed by atoms with Crippen LogP contribution in [0.1, 0.15) is 36.8 Å². The highest BCUT2D eigenvalue weighted by Gasteiger charge is 2.46. The molecule has 218 valence electrons. The summed E-state index contributed by atoms with van der Waals surface area (Å²) in [6.45, 7) is 6.14. The zero-order valence-electron chi connectivity index (χ0n) is 24.4. The summed E-state index contributed by atoms with van der Waals surface area (Å²) >= 11 is 0. The van der Waals surface area contributed by atoms with Gasteiger partial charge in [0.2, 0.25) is 0 Å². The predicted octanol–water partition coefficient (Wildman–Crippen LogP) is 6.21. The number of carbonyl (C=O) groups excluding carboxylic acids is 1. The van der Waals surface area contributed by atoms with E-state index in [1.807, 2.05) is 18.2 Å². The highest BCUT2D eigenvalue weighted by atomic mass is 16.6. The van der Waals surface area contributed by atoms with Gasteiger partial charge >= 0.3 is 6.09 Å². The number of rotatable bonds is 11. The van der Waals surface area contributed by atoms with Gasteiger partial charge in [-0.25, -0.2) is 9.78 Å². The number of nitrogens with one attached hydrogen (secondary N) is 1. The lowest BCUT2D eigenvalue weighted by Crippen LogP contribution is -2.47. The van der Waals surface area contributed by atoms with Gasteiger partial charge < -0.3 is 19.7 Å². The number of alkyl carbamates (subject to hydrolysis) is 1. The topological polar surface area (TPSA) is 66.9 Å². The smallest absolute Gasteiger partial charge is 0.408 e. The van der Waals surface area contributed by atoms with Crippen molar-refractivity contribution in [3.63, 3.8) is 0 Å². The van der Waals surface area contributed by atoms with Crippen LogP contribution in [0.4, 0.5) is 10.6 Å². The molecule has 1 N–H and O–H groups in total. The number of anilines is 1. The van der Waals surface area contributed by atoms with Gasteiger partial charge in [-0.05, 0) is 61.6 Å². The third-order valence-corrected chi connectivity index (χ3v) is 8.61. The maximum absolute atomic E-state index is 13.1. The van der Waals surface area contributed by atoms with Crippen LogP contribution in [0.15, 0.2) is 84.9 Å². The van der Waals surface area contributed by atoms with Gasteiger partial charge in [0, 0.05) is 63.0 Å². The van der Waals surface area contributed by atoms with Crippen LogP contribution in [0.2, 0.25) is 0 Å². The molecule has 0 spiro atoms. The molecular weight excluding hydrogens is 524 g/mol. The molecule has 1 aliphatic carbocycles. The van der Waals surface area contributed by atoms with Crippen LogP contribution in [0, 0.1) is 0 Å². The number of fused-ring (bicyclic) bond motifs is 4. The second-order valence-electron chi connectivity index (χ2n) is 11.2. The summed E-state index contributed by atoms with van der Waals surface area (Å²) in [5, 5.41) is 4.12. The molecule has 1 saturated heterocycles. The summed E-state index contributed by atoms with van der Waals surface area (Å²) in [5.41, 5.74) is 4.72. The number of para-hydroxylation sites is 1. The number of carbonyl (C=O) groups is 1. The second-order valence-corrected chi connectivity index (χ2v) is 11.2. The van der Waals surface area contributed by atoms with Crippen LogP contribution in [-0.4, -0.2) is 69.0 Å². The number of ether oxygens (including phenoxy) is 2. The van der Waals surface area contributed by atoms with Crippen molar-refractivity contribution in [2.75, 3.05) is 57.9 Å². The molecule has 2 aliphatic rings. The minimum Gasteiger partial charge on any atom is -0.433 e. The van der Waals surface area contributed by atoms with Gasteiger partial charge in [0.1, 0.15) is 5.82 Å². The van der Waals surface area contributed by atoms with Crippen LogP contribution >= 0.6 is 0 Å². The van der Waals surface area contributed by atoms with Gasteiger partial charge in [-0.3, -0.25) is 4.90 Å². The number of piperazine rings is 1. The Kier molecular flexibility index (Phi) is 8.68. The summed E-state index contributed by atoms with van der Waals surface area (Å²) in [6.07, 6.45) is 3.10. The molecular formula is C35H40N4O3. The van der Waals surface area contributed by atoms with E-state index in [1.165, 1.54) is 5.39 Å². The third kappa shape index (κ3) is 5.85. The summed E-state index contributed by atoms with van der Waals surface area (Å²) < 4.78 is 11.5. The lowest BCUT2D eigenvalue weighted by atomic mass is 9.86. The Morgan fingerprint density at radius 3 is 2.26 bits per heavy atom. The van der Waals surface area contributed by atoms with Gasteiger partial charge in [-0.2, -0.15) is 0 Å². The monoisotopic (exact) mass is 564 g/mol.